The van der Waals surface area contributed by atoms with Gasteiger partial charge in [-0.3, -0.25) is 9.59 Å². The van der Waals surface area contributed by atoms with Gasteiger partial charge < -0.3 is 20.1 Å². The topological polar surface area (TPSA) is 78.9 Å². The summed E-state index contributed by atoms with van der Waals surface area (Å²) in [6.07, 6.45) is 0.231. The molecule has 6 heteroatoms. The third-order valence-corrected chi connectivity index (χ3v) is 3.90. The maximum Gasteiger partial charge on any atom is 0.265 e. The number of benzene rings is 2. The Morgan fingerprint density at radius 2 is 1.74 bits per heavy atom. The van der Waals surface area contributed by atoms with Crippen LogP contribution < -0.4 is 15.0 Å². The van der Waals surface area contributed by atoms with E-state index >= 15 is 0 Å². The summed E-state index contributed by atoms with van der Waals surface area (Å²) >= 11 is 0. The van der Waals surface area contributed by atoms with E-state index in [1.807, 2.05) is 44.2 Å². The molecule has 0 fully saturated rings. The summed E-state index contributed by atoms with van der Waals surface area (Å²) in [7, 11) is 0. The first-order chi connectivity index (χ1) is 13.0. The highest BCUT2D eigenvalue weighted by atomic mass is 16.5. The Bertz CT molecular complexity index is 730. The average molecular weight is 370 g/mol. The minimum atomic E-state index is -0.150. The first-order valence-electron chi connectivity index (χ1n) is 8.97. The summed E-state index contributed by atoms with van der Waals surface area (Å²) in [5.74, 6) is 0.298. The van der Waals surface area contributed by atoms with E-state index in [1.165, 1.54) is 0 Å². The zero-order valence-corrected chi connectivity index (χ0v) is 15.7. The molecular weight excluding hydrogens is 344 g/mol. The van der Waals surface area contributed by atoms with E-state index in [-0.39, 0.29) is 44.0 Å². The molecule has 0 saturated carbocycles. The highest BCUT2D eigenvalue weighted by Crippen LogP contribution is 2.18. The van der Waals surface area contributed by atoms with Crippen molar-refractivity contribution in [3.05, 3.63) is 60.2 Å². The number of hydrogen-bond donors (Lipinski definition) is 2. The Balaban J connectivity index is 1.91. The molecule has 2 aromatic rings. The summed E-state index contributed by atoms with van der Waals surface area (Å²) in [6.45, 7) is 4.02. The molecule has 0 radical (unpaired) electrons. The Kier molecular flexibility index (Phi) is 7.82. The van der Waals surface area contributed by atoms with Gasteiger partial charge in [-0.05, 0) is 43.7 Å². The lowest BCUT2D eigenvalue weighted by atomic mass is 10.1. The number of hydrogen-bond acceptors (Lipinski definition) is 4. The fraction of sp³-hybridized carbons (Fsp3) is 0.333. The molecule has 2 N–H and O–H groups in total. The van der Waals surface area contributed by atoms with Crippen LogP contribution in [0.1, 0.15) is 19.4 Å². The van der Waals surface area contributed by atoms with Crippen molar-refractivity contribution in [3.63, 3.8) is 0 Å². The number of para-hydroxylation sites is 1. The third-order valence-electron chi connectivity index (χ3n) is 3.90. The normalized spacial score (nSPS) is 10.5. The zero-order valence-electron chi connectivity index (χ0n) is 15.7. The third kappa shape index (κ3) is 6.42. The molecule has 0 aliphatic carbocycles. The molecule has 0 aliphatic rings. The zero-order chi connectivity index (χ0) is 19.6. The van der Waals surface area contributed by atoms with E-state index in [2.05, 4.69) is 5.32 Å². The van der Waals surface area contributed by atoms with Gasteiger partial charge in [-0.2, -0.15) is 0 Å². The minimum absolute atomic E-state index is 0.0170. The summed E-state index contributed by atoms with van der Waals surface area (Å²) in [5, 5.41) is 11.3. The number of nitrogens with one attached hydrogen (secondary N) is 1. The molecular formula is C21H26N2O4. The van der Waals surface area contributed by atoms with Crippen molar-refractivity contribution < 1.29 is 19.4 Å². The molecule has 0 atom stereocenters. The monoisotopic (exact) mass is 370 g/mol. The van der Waals surface area contributed by atoms with E-state index in [0.717, 1.165) is 11.3 Å². The van der Waals surface area contributed by atoms with Crippen molar-refractivity contribution in [1.29, 1.82) is 0 Å². The van der Waals surface area contributed by atoms with Gasteiger partial charge in [0, 0.05) is 18.3 Å². The molecule has 2 amide bonds. The van der Waals surface area contributed by atoms with Crippen molar-refractivity contribution in [2.24, 2.45) is 0 Å². The molecule has 0 spiro atoms. The van der Waals surface area contributed by atoms with Crippen molar-refractivity contribution in [1.82, 2.24) is 5.32 Å². The van der Waals surface area contributed by atoms with Crippen LogP contribution in [0.25, 0.3) is 0 Å². The highest BCUT2D eigenvalue weighted by molar-refractivity contribution is 5.94. The molecule has 2 rings (SSSR count). The van der Waals surface area contributed by atoms with Crippen LogP contribution in [-0.2, 0) is 16.0 Å². The van der Waals surface area contributed by atoms with Gasteiger partial charge in [0.1, 0.15) is 5.75 Å². The maximum absolute atomic E-state index is 12.6. The standard InChI is InChI=1S/C21H26N2O4/c1-16(2)23(18-6-4-3-5-7-18)21(26)15-27-19-10-8-17(9-11-19)14-20(25)22-12-13-24/h3-11,16,24H,12-15H2,1-2H3,(H,22,25). The minimum Gasteiger partial charge on any atom is -0.484 e. The molecule has 6 nitrogen and oxygen atoms in total. The highest BCUT2D eigenvalue weighted by Gasteiger charge is 2.19. The number of aliphatic hydroxyl groups excluding tert-OH is 1. The second-order valence-corrected chi connectivity index (χ2v) is 6.38. The largest absolute Gasteiger partial charge is 0.484 e. The Labute approximate surface area is 159 Å². The lowest BCUT2D eigenvalue weighted by molar-refractivity contribution is -0.121. The number of rotatable bonds is 9. The van der Waals surface area contributed by atoms with Gasteiger partial charge in [0.25, 0.3) is 5.91 Å². The number of nitrogens with zero attached hydrogens (tertiary/aromatic N) is 1. The molecule has 0 bridgehead atoms. The van der Waals surface area contributed by atoms with E-state index in [1.54, 1.807) is 29.2 Å². The van der Waals surface area contributed by atoms with Crippen LogP contribution in [0.2, 0.25) is 0 Å². The van der Waals surface area contributed by atoms with Gasteiger partial charge in [-0.25, -0.2) is 0 Å². The van der Waals surface area contributed by atoms with Gasteiger partial charge in [0.15, 0.2) is 6.61 Å². The average Bonchev–Trinajstić information content (AvgIpc) is 2.66. The van der Waals surface area contributed by atoms with Crippen molar-refractivity contribution in [2.45, 2.75) is 26.3 Å². The number of ether oxygens (including phenoxy) is 1. The van der Waals surface area contributed by atoms with Crippen molar-refractivity contribution in [3.8, 4) is 5.75 Å². The summed E-state index contributed by atoms with van der Waals surface area (Å²) in [4.78, 5) is 25.9. The van der Waals surface area contributed by atoms with Crippen LogP contribution in [-0.4, -0.2) is 42.7 Å². The number of amides is 2. The number of anilines is 1. The van der Waals surface area contributed by atoms with E-state index in [4.69, 9.17) is 9.84 Å². The fourth-order valence-corrected chi connectivity index (χ4v) is 2.68. The molecule has 27 heavy (non-hydrogen) atoms. The lowest BCUT2D eigenvalue weighted by Crippen LogP contribution is -2.40. The molecule has 0 saturated heterocycles. The van der Waals surface area contributed by atoms with Crippen molar-refractivity contribution >= 4 is 17.5 Å². The van der Waals surface area contributed by atoms with Crippen molar-refractivity contribution in [2.75, 3.05) is 24.7 Å². The SMILES string of the molecule is CC(C)N(C(=O)COc1ccc(CC(=O)NCCO)cc1)c1ccccc1. The van der Waals surface area contributed by atoms with E-state index < -0.39 is 0 Å². The first-order valence-corrected chi connectivity index (χ1v) is 8.97. The predicted molar refractivity (Wildman–Crippen MR) is 105 cm³/mol. The van der Waals surface area contributed by atoms with Crippen LogP contribution in [0, 0.1) is 0 Å². The molecule has 2 aromatic carbocycles. The van der Waals surface area contributed by atoms with Gasteiger partial charge >= 0.3 is 0 Å². The molecule has 0 heterocycles. The summed E-state index contributed by atoms with van der Waals surface area (Å²) in [5.41, 5.74) is 1.67. The number of aliphatic hydroxyl groups is 1. The van der Waals surface area contributed by atoms with Gasteiger partial charge in [0.05, 0.1) is 13.0 Å². The van der Waals surface area contributed by atoms with Crippen LogP contribution >= 0.6 is 0 Å². The summed E-state index contributed by atoms with van der Waals surface area (Å²) in [6, 6.07) is 16.6. The molecule has 0 unspecified atom stereocenters. The molecule has 0 aliphatic heterocycles. The maximum atomic E-state index is 12.6. The predicted octanol–water partition coefficient (Wildman–Crippen LogP) is 2.16. The molecule has 144 valence electrons. The van der Waals surface area contributed by atoms with Gasteiger partial charge in [0.2, 0.25) is 5.91 Å². The number of carbonyl (C=O) groups is 2. The lowest BCUT2D eigenvalue weighted by Gasteiger charge is -2.26. The second-order valence-electron chi connectivity index (χ2n) is 6.38. The first kappa shape index (κ1) is 20.5. The van der Waals surface area contributed by atoms with Crippen LogP contribution in [0.3, 0.4) is 0 Å². The Morgan fingerprint density at radius 1 is 1.07 bits per heavy atom. The van der Waals surface area contributed by atoms with Crippen LogP contribution in [0.5, 0.6) is 5.75 Å². The van der Waals surface area contributed by atoms with Gasteiger partial charge in [-0.1, -0.05) is 30.3 Å². The smallest absolute Gasteiger partial charge is 0.265 e. The Hall–Kier alpha value is -2.86. The second kappa shape index (κ2) is 10.3. The van der Waals surface area contributed by atoms with E-state index in [9.17, 15) is 9.59 Å². The van der Waals surface area contributed by atoms with Crippen LogP contribution in [0.15, 0.2) is 54.6 Å². The summed E-state index contributed by atoms with van der Waals surface area (Å²) < 4.78 is 5.62. The van der Waals surface area contributed by atoms with E-state index in [0.29, 0.717) is 5.75 Å². The molecule has 0 aromatic heterocycles. The van der Waals surface area contributed by atoms with Crippen LogP contribution in [0.4, 0.5) is 5.69 Å². The Morgan fingerprint density at radius 3 is 2.33 bits per heavy atom. The number of carbonyl (C=O) groups excluding carboxylic acids is 2. The fourth-order valence-electron chi connectivity index (χ4n) is 2.68. The van der Waals surface area contributed by atoms with Gasteiger partial charge in [-0.15, -0.1) is 0 Å². The quantitative estimate of drug-likeness (QED) is 0.709.